The Balaban J connectivity index is 0.000000218. The summed E-state index contributed by atoms with van der Waals surface area (Å²) < 4.78 is 36.6. The van der Waals surface area contributed by atoms with E-state index >= 15 is 0 Å². The van der Waals surface area contributed by atoms with Gasteiger partial charge in [-0.3, -0.25) is 0 Å². The molecule has 2 aromatic carbocycles. The molecule has 469 valence electrons. The monoisotopic (exact) mass is 1410 g/mol. The van der Waals surface area contributed by atoms with E-state index in [0.29, 0.717) is 0 Å². The van der Waals surface area contributed by atoms with Crippen molar-refractivity contribution in [3.8, 4) is 72.8 Å². The number of halogens is 1. The summed E-state index contributed by atoms with van der Waals surface area (Å²) in [5.74, 6) is 1.95. The Morgan fingerprint density at radius 1 is 0.409 bits per heavy atom. The van der Waals surface area contributed by atoms with Crippen LogP contribution in [-0.4, -0.2) is 38.3 Å². The van der Waals surface area contributed by atoms with E-state index in [1.807, 2.05) is 45.3 Å². The van der Waals surface area contributed by atoms with E-state index in [1.54, 1.807) is 22.7 Å². The summed E-state index contributed by atoms with van der Waals surface area (Å²) in [5.41, 5.74) is 10.8. The number of thiophene rings is 6. The van der Waals surface area contributed by atoms with Gasteiger partial charge in [-0.05, 0) is 140 Å². The fourth-order valence-electron chi connectivity index (χ4n) is 11.3. The zero-order valence-electron chi connectivity index (χ0n) is 52.5. The van der Waals surface area contributed by atoms with E-state index in [9.17, 15) is 0 Å². The van der Waals surface area contributed by atoms with Crippen LogP contribution in [0.4, 0.5) is 0 Å². The Kier molecular flexibility index (Phi) is 30.9. The molecule has 18 heteroatoms. The summed E-state index contributed by atoms with van der Waals surface area (Å²) in [4.78, 5) is 13.2. The molecule has 10 rings (SSSR count). The molecule has 0 N–H and O–H groups in total. The number of benzene rings is 2. The topological polar surface area (TPSA) is 82.4 Å². The molecule has 0 amide bonds. The molecule has 10 aromatic rings. The average molecular weight is 1410 g/mol. The second-order valence-electron chi connectivity index (χ2n) is 22.7. The summed E-state index contributed by atoms with van der Waals surface area (Å²) in [6.45, 7) is 15.0. The van der Waals surface area contributed by atoms with Crippen molar-refractivity contribution in [2.45, 2.75) is 208 Å². The van der Waals surface area contributed by atoms with Gasteiger partial charge >= 0.3 is 24.8 Å². The fourth-order valence-corrected chi connectivity index (χ4v) is 19.1. The third-order valence-corrected chi connectivity index (χ3v) is 24.4. The number of nitrogens with zero attached hydrogens (tertiary/aromatic N) is 5. The SMILES string of the molecule is CCCCCCCCOc1c(C)c(-c2ccc(Br)s2)c2nsnc2c1-c1ccc(-c2ccc(CCCCCCCC)s2)s1.CCCCCCCCOc1c(C)c(-c2cccs2)c2nsnc2c1-c1ccc(-c2ccc(CCCCCCCC)s2)s1.[B]=NS. The molecule has 0 saturated carbocycles. The Hall–Kier alpha value is -3.43. The van der Waals surface area contributed by atoms with Crippen molar-refractivity contribution in [2.24, 2.45) is 4.30 Å². The van der Waals surface area contributed by atoms with E-state index < -0.39 is 0 Å². The third-order valence-electron chi connectivity index (χ3n) is 16.0. The first-order chi connectivity index (χ1) is 43.2. The number of hydrogen-bond donors (Lipinski definition) is 1. The van der Waals surface area contributed by atoms with Crippen LogP contribution in [0.3, 0.4) is 0 Å². The number of ether oxygens (including phenoxy) is 2. The summed E-state index contributed by atoms with van der Waals surface area (Å²) in [6.07, 6.45) is 33.5. The molecule has 1 radical (unpaired) electrons. The first-order valence-electron chi connectivity index (χ1n) is 32.3. The van der Waals surface area contributed by atoms with Gasteiger partial charge in [0.2, 0.25) is 0 Å². The van der Waals surface area contributed by atoms with Gasteiger partial charge < -0.3 is 9.47 Å². The molecule has 0 aliphatic heterocycles. The summed E-state index contributed by atoms with van der Waals surface area (Å²) in [7, 11) is 4.34. The Bertz CT molecular complexity index is 3620. The first kappa shape index (κ1) is 70.4. The van der Waals surface area contributed by atoms with Crippen molar-refractivity contribution >= 4 is 150 Å². The van der Waals surface area contributed by atoms with Crippen LogP contribution < -0.4 is 9.47 Å². The van der Waals surface area contributed by atoms with Crippen LogP contribution in [0.5, 0.6) is 11.5 Å². The number of aryl methyl sites for hydroxylation is 2. The van der Waals surface area contributed by atoms with Gasteiger partial charge in [0.05, 0.1) is 51.6 Å². The van der Waals surface area contributed by atoms with Crippen LogP contribution in [-0.2, 0) is 12.8 Å². The van der Waals surface area contributed by atoms with Crippen molar-refractivity contribution in [1.29, 1.82) is 0 Å². The number of thiol groups is 1. The molecule has 0 aliphatic carbocycles. The van der Waals surface area contributed by atoms with Crippen molar-refractivity contribution < 1.29 is 9.47 Å². The zero-order valence-corrected chi connectivity index (χ0v) is 61.5. The van der Waals surface area contributed by atoms with Crippen molar-refractivity contribution in [1.82, 2.24) is 17.5 Å². The number of hydrogen-bond acceptors (Lipinski definition) is 16. The van der Waals surface area contributed by atoms with Crippen LogP contribution in [0.15, 0.2) is 86.3 Å². The van der Waals surface area contributed by atoms with Crippen LogP contribution in [0.1, 0.15) is 203 Å². The Morgan fingerprint density at radius 3 is 1.15 bits per heavy atom. The molecule has 0 saturated heterocycles. The second-order valence-corrected chi connectivity index (χ2v) is 31.9. The van der Waals surface area contributed by atoms with Gasteiger partial charge in [-0.15, -0.1) is 68.0 Å². The number of unbranched alkanes of at least 4 members (excludes halogenated alkanes) is 20. The molecule has 0 aliphatic rings. The number of rotatable bonds is 36. The molecular weight excluding hydrogens is 1320 g/mol. The van der Waals surface area contributed by atoms with E-state index in [-0.39, 0.29) is 0 Å². The molecule has 88 heavy (non-hydrogen) atoms. The second kappa shape index (κ2) is 38.6. The summed E-state index contributed by atoms with van der Waals surface area (Å²) in [6, 6.07) is 27.0. The Labute approximate surface area is 573 Å². The molecule has 8 heterocycles. The van der Waals surface area contributed by atoms with Gasteiger partial charge in [-0.2, -0.15) is 17.5 Å². The van der Waals surface area contributed by atoms with Crippen LogP contribution in [0.2, 0.25) is 0 Å². The van der Waals surface area contributed by atoms with Crippen molar-refractivity contribution in [3.63, 3.8) is 0 Å². The predicted molar refractivity (Wildman–Crippen MR) is 401 cm³/mol. The average Bonchev–Trinajstić information content (AvgIpc) is 1.70. The molecule has 0 spiro atoms. The molecule has 0 atom stereocenters. The normalized spacial score (nSPS) is 11.4. The van der Waals surface area contributed by atoms with E-state index in [0.717, 1.165) is 85.7 Å². The zero-order chi connectivity index (χ0) is 61.9. The van der Waals surface area contributed by atoms with Crippen molar-refractivity contribution in [3.05, 3.63) is 103 Å². The van der Waals surface area contributed by atoms with Gasteiger partial charge in [-0.25, -0.2) is 0 Å². The van der Waals surface area contributed by atoms with Crippen molar-refractivity contribution in [2.75, 3.05) is 13.2 Å². The number of aromatic nitrogens is 4. The van der Waals surface area contributed by atoms with Gasteiger partial charge in [0, 0.05) is 71.0 Å². The van der Waals surface area contributed by atoms with Crippen LogP contribution in [0.25, 0.3) is 83.3 Å². The van der Waals surface area contributed by atoms with Crippen LogP contribution in [0, 0.1) is 13.8 Å². The minimum absolute atomic E-state index is 0.724. The maximum atomic E-state index is 6.71. The molecule has 8 aromatic heterocycles. The quantitative estimate of drug-likeness (QED) is 0.0239. The van der Waals surface area contributed by atoms with Gasteiger partial charge in [-0.1, -0.05) is 162 Å². The van der Waals surface area contributed by atoms with Gasteiger partial charge in [0.15, 0.2) is 0 Å². The predicted octanol–water partition coefficient (Wildman–Crippen LogP) is 26.6. The maximum absolute atomic E-state index is 6.71. The Morgan fingerprint density at radius 2 is 0.750 bits per heavy atom. The number of fused-ring (bicyclic) bond motifs is 2. The summed E-state index contributed by atoms with van der Waals surface area (Å²) >= 11 is 20.6. The molecule has 0 bridgehead atoms. The van der Waals surface area contributed by atoms with E-state index in [2.05, 4.69) is 160 Å². The van der Waals surface area contributed by atoms with Gasteiger partial charge in [0.1, 0.15) is 33.6 Å². The van der Waals surface area contributed by atoms with E-state index in [1.165, 1.54) is 237 Å². The fraction of sp³-hybridized carbons (Fsp3) is 0.486. The molecule has 0 fully saturated rings. The molecule has 0 unspecified atom stereocenters. The van der Waals surface area contributed by atoms with E-state index in [4.69, 9.17) is 27.0 Å². The van der Waals surface area contributed by atoms with Gasteiger partial charge in [0.25, 0.3) is 0 Å². The molecule has 7 nitrogen and oxygen atoms in total. The summed E-state index contributed by atoms with van der Waals surface area (Å²) in [5, 5.41) is 2.14. The first-order valence-corrected chi connectivity index (χ1v) is 39.9. The standard InChI is InChI=1S/C35H43BrN2OS4.C35H44N2OS4.BHNS/c1-4-6-8-10-12-14-16-25-17-18-26(40-25)27-19-20-29(41-27)32-34-33(37-43-38-34)31(28-21-22-30(36)42-28)24(3)35(32)39-23-15-13-11-9-7-5-2;1-4-6-8-10-12-14-17-26-19-20-27(40-26)28-21-22-30(41-28)32-34-33(36-42-37-34)31(29-18-16-24-39-29)25(3)35(32)38-23-15-13-11-9-7-5-2;1-2-3/h17-22H,4-16,23H2,1-3H3;16,18-22,24H,4-15,17,23H2,1-3H3;3H. The van der Waals surface area contributed by atoms with Crippen LogP contribution >= 0.6 is 120 Å². The third kappa shape index (κ3) is 19.8. The molecular formula is C70H88BBrN5O2S9. The minimum atomic E-state index is 0.724.